The lowest BCUT2D eigenvalue weighted by Gasteiger charge is -2.03. The van der Waals surface area contributed by atoms with Crippen LogP contribution in [0.5, 0.6) is 5.75 Å². The second kappa shape index (κ2) is 3.55. The average molecular weight is 176 g/mol. The number of benzene rings is 1. The lowest BCUT2D eigenvalue weighted by Crippen LogP contribution is -1.95. The van der Waals surface area contributed by atoms with E-state index in [9.17, 15) is 4.39 Å². The van der Waals surface area contributed by atoms with Gasteiger partial charge in [0.1, 0.15) is 17.7 Å². The van der Waals surface area contributed by atoms with Crippen molar-refractivity contribution in [1.82, 2.24) is 0 Å². The summed E-state index contributed by atoms with van der Waals surface area (Å²) in [6, 6.07) is 5.84. The van der Waals surface area contributed by atoms with Crippen LogP contribution < -0.4 is 4.74 Å². The lowest BCUT2D eigenvalue weighted by atomic mass is 10.1. The predicted octanol–water partition coefficient (Wildman–Crippen LogP) is 1.58. The Balaban J connectivity index is 3.50. The molecule has 0 saturated carbocycles. The van der Waals surface area contributed by atoms with Crippen molar-refractivity contribution in [2.24, 2.45) is 0 Å². The normalized spacial score (nSPS) is 8.62. The van der Waals surface area contributed by atoms with Gasteiger partial charge in [-0.1, -0.05) is 0 Å². The van der Waals surface area contributed by atoms with Gasteiger partial charge in [0.2, 0.25) is 0 Å². The first-order valence-corrected chi connectivity index (χ1v) is 3.41. The highest BCUT2D eigenvalue weighted by Crippen LogP contribution is 2.24. The van der Waals surface area contributed by atoms with Crippen molar-refractivity contribution in [2.75, 3.05) is 7.11 Å². The van der Waals surface area contributed by atoms with Gasteiger partial charge in [-0.05, 0) is 12.1 Å². The van der Waals surface area contributed by atoms with Crippen molar-refractivity contribution >= 4 is 0 Å². The molecule has 0 radical (unpaired) electrons. The second-order valence-electron chi connectivity index (χ2n) is 2.23. The summed E-state index contributed by atoms with van der Waals surface area (Å²) in [6.45, 7) is 0. The number of halogens is 1. The topological polar surface area (TPSA) is 56.8 Å². The zero-order chi connectivity index (χ0) is 9.84. The summed E-state index contributed by atoms with van der Waals surface area (Å²) < 4.78 is 17.6. The fraction of sp³-hybridized carbons (Fsp3) is 0.111. The number of hydrogen-bond donors (Lipinski definition) is 0. The third kappa shape index (κ3) is 1.43. The molecule has 0 bridgehead atoms. The molecule has 0 aromatic heterocycles. The van der Waals surface area contributed by atoms with E-state index in [1.165, 1.54) is 13.2 Å². The molecule has 0 saturated heterocycles. The number of rotatable bonds is 1. The number of ether oxygens (including phenoxy) is 1. The van der Waals surface area contributed by atoms with Gasteiger partial charge in [-0.25, -0.2) is 4.39 Å². The highest BCUT2D eigenvalue weighted by Gasteiger charge is 2.13. The predicted molar refractivity (Wildman–Crippen MR) is 42.4 cm³/mol. The van der Waals surface area contributed by atoms with E-state index < -0.39 is 5.82 Å². The van der Waals surface area contributed by atoms with Gasteiger partial charge in [0.05, 0.1) is 12.7 Å². The molecule has 0 aliphatic heterocycles. The molecule has 0 amide bonds. The van der Waals surface area contributed by atoms with Crippen molar-refractivity contribution in [2.45, 2.75) is 0 Å². The third-order valence-electron chi connectivity index (χ3n) is 1.55. The number of nitriles is 2. The molecule has 0 heterocycles. The van der Waals surface area contributed by atoms with E-state index in [4.69, 9.17) is 10.5 Å². The van der Waals surface area contributed by atoms with Crippen LogP contribution in [0.15, 0.2) is 12.1 Å². The van der Waals surface area contributed by atoms with Crippen molar-refractivity contribution in [1.29, 1.82) is 10.5 Å². The minimum absolute atomic E-state index is 0.0648. The van der Waals surface area contributed by atoms with Gasteiger partial charge >= 0.3 is 0 Å². The van der Waals surface area contributed by atoms with Gasteiger partial charge in [0, 0.05) is 0 Å². The molecule has 1 rings (SSSR count). The Kier molecular flexibility index (Phi) is 2.47. The Labute approximate surface area is 74.6 Å². The number of methoxy groups -OCH3 is 1. The van der Waals surface area contributed by atoms with E-state index >= 15 is 0 Å². The summed E-state index contributed by atoms with van der Waals surface area (Å²) in [4.78, 5) is 0. The quantitative estimate of drug-likeness (QED) is 0.652. The van der Waals surface area contributed by atoms with E-state index in [1.807, 2.05) is 0 Å². The molecule has 13 heavy (non-hydrogen) atoms. The van der Waals surface area contributed by atoms with Crippen molar-refractivity contribution in [3.63, 3.8) is 0 Å². The molecule has 0 fully saturated rings. The van der Waals surface area contributed by atoms with Gasteiger partial charge in [-0.15, -0.1) is 0 Å². The summed E-state index contributed by atoms with van der Waals surface area (Å²) in [7, 11) is 1.25. The summed E-state index contributed by atoms with van der Waals surface area (Å²) in [5.74, 6) is -0.820. The average Bonchev–Trinajstić information content (AvgIpc) is 2.17. The fourth-order valence-corrected chi connectivity index (χ4v) is 0.961. The van der Waals surface area contributed by atoms with Gasteiger partial charge in [0.25, 0.3) is 0 Å². The van der Waals surface area contributed by atoms with Crippen LogP contribution in [0.4, 0.5) is 4.39 Å². The van der Waals surface area contributed by atoms with Gasteiger partial charge < -0.3 is 4.74 Å². The Hall–Kier alpha value is -2.07. The van der Waals surface area contributed by atoms with Crippen LogP contribution in [-0.4, -0.2) is 7.11 Å². The van der Waals surface area contributed by atoms with Crippen molar-refractivity contribution < 1.29 is 9.13 Å². The first-order chi connectivity index (χ1) is 6.24. The molecule has 0 spiro atoms. The SMILES string of the molecule is COc1c(F)ccc(C#N)c1C#N. The first-order valence-electron chi connectivity index (χ1n) is 3.41. The summed E-state index contributed by atoms with van der Waals surface area (Å²) in [5, 5.41) is 17.2. The Bertz CT molecular complexity index is 415. The molecule has 4 heteroatoms. The highest BCUT2D eigenvalue weighted by atomic mass is 19.1. The van der Waals surface area contributed by atoms with Crippen LogP contribution in [0.1, 0.15) is 11.1 Å². The van der Waals surface area contributed by atoms with Crippen LogP contribution in [0.25, 0.3) is 0 Å². The smallest absolute Gasteiger partial charge is 0.173 e. The summed E-state index contributed by atoms with van der Waals surface area (Å²) in [5.41, 5.74) is 0.0470. The molecule has 0 unspecified atom stereocenters. The Morgan fingerprint density at radius 1 is 1.31 bits per heavy atom. The molecule has 0 aliphatic carbocycles. The highest BCUT2D eigenvalue weighted by molar-refractivity contribution is 5.54. The second-order valence-corrected chi connectivity index (χ2v) is 2.23. The summed E-state index contributed by atoms with van der Waals surface area (Å²) >= 11 is 0. The van der Waals surface area contributed by atoms with Crippen LogP contribution in [0, 0.1) is 28.5 Å². The lowest BCUT2D eigenvalue weighted by molar-refractivity contribution is 0.385. The molecule has 0 atom stereocenters. The van der Waals surface area contributed by atoms with Gasteiger partial charge in [-0.2, -0.15) is 10.5 Å². The summed E-state index contributed by atoms with van der Waals surface area (Å²) in [6.07, 6.45) is 0. The van der Waals surface area contributed by atoms with E-state index in [0.29, 0.717) is 0 Å². The van der Waals surface area contributed by atoms with E-state index in [2.05, 4.69) is 4.74 Å². The number of nitrogens with zero attached hydrogens (tertiary/aromatic N) is 2. The monoisotopic (exact) mass is 176 g/mol. The molecular weight excluding hydrogens is 171 g/mol. The molecule has 0 N–H and O–H groups in total. The molecular formula is C9H5FN2O. The maximum atomic E-state index is 13.0. The molecule has 0 aliphatic rings. The zero-order valence-electron chi connectivity index (χ0n) is 6.84. The van der Waals surface area contributed by atoms with Gasteiger partial charge in [0.15, 0.2) is 11.6 Å². The van der Waals surface area contributed by atoms with Gasteiger partial charge in [-0.3, -0.25) is 0 Å². The van der Waals surface area contributed by atoms with Crippen molar-refractivity contribution in [3.8, 4) is 17.9 Å². The van der Waals surface area contributed by atoms with Crippen molar-refractivity contribution in [3.05, 3.63) is 29.1 Å². The Morgan fingerprint density at radius 2 is 2.00 bits per heavy atom. The van der Waals surface area contributed by atoms with Crippen LogP contribution in [0.2, 0.25) is 0 Å². The minimum atomic E-state index is -0.641. The first kappa shape index (κ1) is 9.02. The van der Waals surface area contributed by atoms with E-state index in [1.54, 1.807) is 12.1 Å². The van der Waals surface area contributed by atoms with Crippen LogP contribution >= 0.6 is 0 Å². The largest absolute Gasteiger partial charge is 0.492 e. The molecule has 1 aromatic rings. The molecule has 1 aromatic carbocycles. The van der Waals surface area contributed by atoms with Crippen LogP contribution in [0.3, 0.4) is 0 Å². The standard InChI is InChI=1S/C9H5FN2O/c1-13-9-7(5-12)6(4-11)2-3-8(9)10/h2-3H,1H3. The number of hydrogen-bond acceptors (Lipinski definition) is 3. The van der Waals surface area contributed by atoms with Crippen LogP contribution in [-0.2, 0) is 0 Å². The third-order valence-corrected chi connectivity index (χ3v) is 1.55. The molecule has 3 nitrogen and oxygen atoms in total. The molecule has 64 valence electrons. The maximum absolute atomic E-state index is 13.0. The zero-order valence-corrected chi connectivity index (χ0v) is 6.84. The fourth-order valence-electron chi connectivity index (χ4n) is 0.961. The minimum Gasteiger partial charge on any atom is -0.492 e. The van der Waals surface area contributed by atoms with E-state index in [0.717, 1.165) is 6.07 Å². The maximum Gasteiger partial charge on any atom is 0.173 e. The van der Waals surface area contributed by atoms with E-state index in [-0.39, 0.29) is 16.9 Å². The Morgan fingerprint density at radius 3 is 2.46 bits per heavy atom.